The van der Waals surface area contributed by atoms with Gasteiger partial charge in [-0.05, 0) is 35.3 Å². The topological polar surface area (TPSA) is 26.0 Å². The second-order valence-corrected chi connectivity index (χ2v) is 5.58. The molecule has 1 heterocycles. The number of aryl methyl sites for hydroxylation is 1. The number of hydrogen-bond donors (Lipinski definition) is 1. The van der Waals surface area contributed by atoms with E-state index in [0.717, 1.165) is 12.8 Å². The molecule has 1 aromatic heterocycles. The third-order valence-corrected chi connectivity index (χ3v) is 4.47. The molecule has 0 amide bonds. The second-order valence-electron chi connectivity index (χ2n) is 4.66. The Balaban J connectivity index is 2.37. The zero-order valence-electron chi connectivity index (χ0n) is 8.55. The summed E-state index contributed by atoms with van der Waals surface area (Å²) in [4.78, 5) is 1.42. The predicted molar refractivity (Wildman–Crippen MR) is 58.0 cm³/mol. The van der Waals surface area contributed by atoms with E-state index < -0.39 is 0 Å². The van der Waals surface area contributed by atoms with Crippen molar-refractivity contribution in [2.45, 2.75) is 39.2 Å². The van der Waals surface area contributed by atoms with Crippen LogP contribution in [0, 0.1) is 5.41 Å². The fraction of sp³-hybridized carbons (Fsp3) is 0.636. The van der Waals surface area contributed by atoms with E-state index in [1.807, 2.05) is 11.3 Å². The van der Waals surface area contributed by atoms with Gasteiger partial charge in [0.2, 0.25) is 0 Å². The van der Waals surface area contributed by atoms with Gasteiger partial charge in [0.1, 0.15) is 0 Å². The van der Waals surface area contributed by atoms with Crippen LogP contribution in [0.5, 0.6) is 0 Å². The fourth-order valence-corrected chi connectivity index (χ4v) is 3.34. The van der Waals surface area contributed by atoms with Crippen LogP contribution in [-0.4, -0.2) is 0 Å². The van der Waals surface area contributed by atoms with Crippen molar-refractivity contribution in [3.63, 3.8) is 0 Å². The molecule has 2 heteroatoms. The Labute approximate surface area is 84.0 Å². The molecule has 0 aliphatic heterocycles. The maximum atomic E-state index is 6.38. The van der Waals surface area contributed by atoms with E-state index in [4.69, 9.17) is 5.73 Å². The van der Waals surface area contributed by atoms with Crippen molar-refractivity contribution in [3.8, 4) is 0 Å². The molecule has 1 aromatic rings. The van der Waals surface area contributed by atoms with E-state index in [0.29, 0.717) is 5.41 Å². The molecule has 0 radical (unpaired) electrons. The highest BCUT2D eigenvalue weighted by Crippen LogP contribution is 2.62. The van der Waals surface area contributed by atoms with Crippen LogP contribution in [0.3, 0.4) is 0 Å². The van der Waals surface area contributed by atoms with Crippen LogP contribution < -0.4 is 5.73 Å². The van der Waals surface area contributed by atoms with E-state index in [1.54, 1.807) is 0 Å². The summed E-state index contributed by atoms with van der Waals surface area (Å²) in [6, 6.07) is 2.21. The average molecular weight is 195 g/mol. The minimum Gasteiger partial charge on any atom is -0.320 e. The first-order chi connectivity index (χ1) is 6.01. The Morgan fingerprint density at radius 3 is 2.62 bits per heavy atom. The first kappa shape index (κ1) is 9.22. The van der Waals surface area contributed by atoms with Crippen molar-refractivity contribution < 1.29 is 0 Å². The Bertz CT molecular complexity index is 327. The summed E-state index contributed by atoms with van der Waals surface area (Å²) < 4.78 is 0. The van der Waals surface area contributed by atoms with Gasteiger partial charge < -0.3 is 5.73 Å². The Kier molecular flexibility index (Phi) is 1.83. The van der Waals surface area contributed by atoms with E-state index >= 15 is 0 Å². The van der Waals surface area contributed by atoms with Gasteiger partial charge in [-0.2, -0.15) is 0 Å². The number of hydrogen-bond acceptors (Lipinski definition) is 2. The highest BCUT2D eigenvalue weighted by atomic mass is 32.1. The third-order valence-electron chi connectivity index (χ3n) is 3.34. The Morgan fingerprint density at radius 2 is 2.15 bits per heavy atom. The summed E-state index contributed by atoms with van der Waals surface area (Å²) in [5.74, 6) is 0. The maximum absolute atomic E-state index is 6.38. The van der Waals surface area contributed by atoms with E-state index in [2.05, 4.69) is 32.2 Å². The lowest BCUT2D eigenvalue weighted by atomic mass is 10.0. The molecule has 1 saturated carbocycles. The maximum Gasteiger partial charge on any atom is 0.0564 e. The van der Waals surface area contributed by atoms with Gasteiger partial charge in [0, 0.05) is 4.88 Å². The standard InChI is InChI=1S/C11H17NS/c1-4-8-5-6-13-9(8)11(12)7-10(11,2)3/h5-6H,4,7,12H2,1-3H3. The summed E-state index contributed by atoms with van der Waals surface area (Å²) >= 11 is 1.82. The van der Waals surface area contributed by atoms with Crippen LogP contribution in [0.1, 0.15) is 37.6 Å². The third kappa shape index (κ3) is 1.16. The highest BCUT2D eigenvalue weighted by Gasteiger charge is 2.60. The Morgan fingerprint density at radius 1 is 1.54 bits per heavy atom. The van der Waals surface area contributed by atoms with Gasteiger partial charge in [-0.3, -0.25) is 0 Å². The lowest BCUT2D eigenvalue weighted by Gasteiger charge is -2.14. The molecule has 1 aliphatic carbocycles. The zero-order chi connectivity index (χ0) is 9.69. The summed E-state index contributed by atoms with van der Waals surface area (Å²) in [5.41, 5.74) is 8.11. The number of nitrogens with two attached hydrogens (primary N) is 1. The first-order valence-electron chi connectivity index (χ1n) is 4.87. The summed E-state index contributed by atoms with van der Waals surface area (Å²) in [7, 11) is 0. The molecule has 13 heavy (non-hydrogen) atoms. The van der Waals surface area contributed by atoms with Crippen LogP contribution in [0.4, 0.5) is 0 Å². The van der Waals surface area contributed by atoms with Gasteiger partial charge in [-0.15, -0.1) is 11.3 Å². The Hall–Kier alpha value is -0.340. The van der Waals surface area contributed by atoms with Crippen molar-refractivity contribution in [1.82, 2.24) is 0 Å². The number of thiophene rings is 1. The molecular weight excluding hydrogens is 178 g/mol. The van der Waals surface area contributed by atoms with Gasteiger partial charge in [0.05, 0.1) is 5.54 Å². The molecule has 1 atom stereocenters. The van der Waals surface area contributed by atoms with Crippen molar-refractivity contribution in [3.05, 3.63) is 21.9 Å². The SMILES string of the molecule is CCc1ccsc1C1(N)CC1(C)C. The first-order valence-corrected chi connectivity index (χ1v) is 5.75. The highest BCUT2D eigenvalue weighted by molar-refractivity contribution is 7.10. The number of rotatable bonds is 2. The van der Waals surface area contributed by atoms with E-state index in [-0.39, 0.29) is 5.54 Å². The molecule has 1 nitrogen and oxygen atoms in total. The minimum absolute atomic E-state index is 0.0213. The average Bonchev–Trinajstić information content (AvgIpc) is 2.53. The summed E-state index contributed by atoms with van der Waals surface area (Å²) in [6.07, 6.45) is 2.24. The zero-order valence-corrected chi connectivity index (χ0v) is 9.37. The lowest BCUT2D eigenvalue weighted by Crippen LogP contribution is -2.25. The van der Waals surface area contributed by atoms with Crippen molar-refractivity contribution in [2.75, 3.05) is 0 Å². The van der Waals surface area contributed by atoms with Gasteiger partial charge in [-0.25, -0.2) is 0 Å². The van der Waals surface area contributed by atoms with Gasteiger partial charge in [0.15, 0.2) is 0 Å². The van der Waals surface area contributed by atoms with Crippen LogP contribution in [0.2, 0.25) is 0 Å². The normalized spacial score (nSPS) is 30.5. The van der Waals surface area contributed by atoms with Crippen LogP contribution in [0.15, 0.2) is 11.4 Å². The van der Waals surface area contributed by atoms with Crippen molar-refractivity contribution in [2.24, 2.45) is 11.1 Å². The minimum atomic E-state index is -0.0213. The van der Waals surface area contributed by atoms with Crippen LogP contribution in [-0.2, 0) is 12.0 Å². The molecule has 0 spiro atoms. The molecule has 1 aliphatic rings. The van der Waals surface area contributed by atoms with E-state index in [9.17, 15) is 0 Å². The van der Waals surface area contributed by atoms with Crippen LogP contribution >= 0.6 is 11.3 Å². The quantitative estimate of drug-likeness (QED) is 0.771. The van der Waals surface area contributed by atoms with Crippen molar-refractivity contribution >= 4 is 11.3 Å². The molecule has 1 unspecified atom stereocenters. The smallest absolute Gasteiger partial charge is 0.0564 e. The van der Waals surface area contributed by atoms with Gasteiger partial charge in [-0.1, -0.05) is 20.8 Å². The van der Waals surface area contributed by atoms with Gasteiger partial charge in [0.25, 0.3) is 0 Å². The van der Waals surface area contributed by atoms with Crippen molar-refractivity contribution in [1.29, 1.82) is 0 Å². The second kappa shape index (κ2) is 2.58. The van der Waals surface area contributed by atoms with Crippen LogP contribution in [0.25, 0.3) is 0 Å². The molecule has 2 rings (SSSR count). The summed E-state index contributed by atoms with van der Waals surface area (Å²) in [6.45, 7) is 6.71. The largest absolute Gasteiger partial charge is 0.320 e. The molecule has 0 saturated heterocycles. The molecular formula is C11H17NS. The monoisotopic (exact) mass is 195 g/mol. The predicted octanol–water partition coefficient (Wildman–Crippen LogP) is 2.89. The molecule has 72 valence electrons. The molecule has 0 bridgehead atoms. The molecule has 0 aromatic carbocycles. The molecule has 1 fully saturated rings. The summed E-state index contributed by atoms with van der Waals surface area (Å²) in [5, 5.41) is 2.16. The fourth-order valence-electron chi connectivity index (χ4n) is 2.05. The lowest BCUT2D eigenvalue weighted by molar-refractivity contribution is 0.514. The van der Waals surface area contributed by atoms with Gasteiger partial charge >= 0.3 is 0 Å². The molecule has 2 N–H and O–H groups in total. The van der Waals surface area contributed by atoms with E-state index in [1.165, 1.54) is 10.4 Å².